The molecule has 0 saturated carbocycles. The van der Waals surface area contributed by atoms with Crippen molar-refractivity contribution in [1.82, 2.24) is 24.5 Å². The standard InChI is InChI=1S/C28H31N5O4/c1-16-11-12-20(24-17(2)14-29-27(32-24)28(5,6)35)13-22(16)33-19(4)30-25(18(3)26(33)34)37-15-21-9-8-10-23(31-21)36-7/h8-14,35H,15H2,1-7H3. The number of hydrogen-bond donors (Lipinski definition) is 1. The number of pyridine rings is 1. The summed E-state index contributed by atoms with van der Waals surface area (Å²) >= 11 is 0. The predicted molar refractivity (Wildman–Crippen MR) is 140 cm³/mol. The van der Waals surface area contributed by atoms with Gasteiger partial charge in [0, 0.05) is 17.8 Å². The van der Waals surface area contributed by atoms with Crippen molar-refractivity contribution in [2.45, 2.75) is 53.8 Å². The van der Waals surface area contributed by atoms with Gasteiger partial charge >= 0.3 is 0 Å². The lowest BCUT2D eigenvalue weighted by Crippen LogP contribution is -2.26. The lowest BCUT2D eigenvalue weighted by molar-refractivity contribution is 0.0688. The van der Waals surface area contributed by atoms with Crippen LogP contribution in [0.2, 0.25) is 0 Å². The summed E-state index contributed by atoms with van der Waals surface area (Å²) in [5.74, 6) is 1.56. The van der Waals surface area contributed by atoms with Crippen LogP contribution in [0.5, 0.6) is 11.8 Å². The number of aromatic nitrogens is 5. The third kappa shape index (κ3) is 5.36. The maximum absolute atomic E-state index is 13.5. The van der Waals surface area contributed by atoms with Crippen molar-refractivity contribution in [1.29, 1.82) is 0 Å². The van der Waals surface area contributed by atoms with Gasteiger partial charge in [-0.15, -0.1) is 0 Å². The van der Waals surface area contributed by atoms with Crippen LogP contribution in [-0.4, -0.2) is 36.7 Å². The Morgan fingerprint density at radius 3 is 2.46 bits per heavy atom. The Bertz CT molecular complexity index is 1520. The van der Waals surface area contributed by atoms with Crippen molar-refractivity contribution in [3.63, 3.8) is 0 Å². The van der Waals surface area contributed by atoms with Crippen molar-refractivity contribution in [2.24, 2.45) is 0 Å². The highest BCUT2D eigenvalue weighted by Gasteiger charge is 2.22. The molecule has 3 aromatic heterocycles. The predicted octanol–water partition coefficient (Wildman–Crippen LogP) is 4.13. The van der Waals surface area contributed by atoms with Crippen molar-refractivity contribution in [3.05, 3.63) is 87.0 Å². The summed E-state index contributed by atoms with van der Waals surface area (Å²) in [6.07, 6.45) is 1.70. The van der Waals surface area contributed by atoms with Crippen molar-refractivity contribution in [3.8, 4) is 28.7 Å². The molecule has 0 spiro atoms. The van der Waals surface area contributed by atoms with Gasteiger partial charge in [0.25, 0.3) is 5.56 Å². The van der Waals surface area contributed by atoms with Crippen LogP contribution in [0.15, 0.2) is 47.4 Å². The van der Waals surface area contributed by atoms with E-state index in [1.807, 2.05) is 44.2 Å². The highest BCUT2D eigenvalue weighted by molar-refractivity contribution is 5.67. The number of benzene rings is 1. The van der Waals surface area contributed by atoms with E-state index in [2.05, 4.69) is 19.9 Å². The Labute approximate surface area is 215 Å². The third-order valence-electron chi connectivity index (χ3n) is 6.02. The molecule has 0 aliphatic heterocycles. The van der Waals surface area contributed by atoms with Crippen LogP contribution in [0.3, 0.4) is 0 Å². The summed E-state index contributed by atoms with van der Waals surface area (Å²) in [6, 6.07) is 11.2. The molecule has 4 aromatic rings. The Balaban J connectivity index is 1.73. The summed E-state index contributed by atoms with van der Waals surface area (Å²) in [4.78, 5) is 31.4. The molecule has 0 fully saturated rings. The average molecular weight is 502 g/mol. The molecule has 9 heteroatoms. The van der Waals surface area contributed by atoms with Gasteiger partial charge in [-0.25, -0.2) is 15.0 Å². The van der Waals surface area contributed by atoms with E-state index < -0.39 is 5.60 Å². The Hall–Kier alpha value is -4.11. The molecular weight excluding hydrogens is 470 g/mol. The van der Waals surface area contributed by atoms with E-state index in [4.69, 9.17) is 9.47 Å². The third-order valence-corrected chi connectivity index (χ3v) is 6.02. The van der Waals surface area contributed by atoms with Crippen molar-refractivity contribution < 1.29 is 14.6 Å². The minimum Gasteiger partial charge on any atom is -0.481 e. The maximum atomic E-state index is 13.5. The Kier molecular flexibility index (Phi) is 7.09. The molecule has 4 rings (SSSR count). The summed E-state index contributed by atoms with van der Waals surface area (Å²) in [5.41, 5.74) is 3.60. The first-order chi connectivity index (χ1) is 17.5. The zero-order valence-electron chi connectivity index (χ0n) is 22.2. The van der Waals surface area contributed by atoms with E-state index in [0.29, 0.717) is 40.2 Å². The van der Waals surface area contributed by atoms with Crippen LogP contribution in [-0.2, 0) is 12.2 Å². The Morgan fingerprint density at radius 2 is 1.76 bits per heavy atom. The zero-order chi connectivity index (χ0) is 26.9. The van der Waals surface area contributed by atoms with Gasteiger partial charge in [-0.05, 0) is 64.8 Å². The highest BCUT2D eigenvalue weighted by atomic mass is 16.5. The van der Waals surface area contributed by atoms with E-state index in [0.717, 1.165) is 16.7 Å². The molecular formula is C28H31N5O4. The SMILES string of the molecule is COc1cccc(COc2nc(C)n(-c3cc(-c4nc(C(C)(C)O)ncc4C)ccc3C)c(=O)c2C)n1. The molecule has 0 bridgehead atoms. The van der Waals surface area contributed by atoms with Crippen LogP contribution in [0.4, 0.5) is 0 Å². The molecule has 0 atom stereocenters. The maximum Gasteiger partial charge on any atom is 0.264 e. The highest BCUT2D eigenvalue weighted by Crippen LogP contribution is 2.28. The smallest absolute Gasteiger partial charge is 0.264 e. The summed E-state index contributed by atoms with van der Waals surface area (Å²) in [5, 5.41) is 10.4. The topological polar surface area (TPSA) is 112 Å². The second-order valence-electron chi connectivity index (χ2n) is 9.48. The number of ether oxygens (including phenoxy) is 2. The largest absolute Gasteiger partial charge is 0.481 e. The van der Waals surface area contributed by atoms with Gasteiger partial charge in [-0.3, -0.25) is 9.36 Å². The number of rotatable bonds is 7. The minimum atomic E-state index is -1.18. The van der Waals surface area contributed by atoms with Gasteiger partial charge in [0.1, 0.15) is 18.0 Å². The lowest BCUT2D eigenvalue weighted by Gasteiger charge is -2.19. The van der Waals surface area contributed by atoms with Crippen molar-refractivity contribution >= 4 is 0 Å². The first-order valence-electron chi connectivity index (χ1n) is 11.9. The Morgan fingerprint density at radius 1 is 1.00 bits per heavy atom. The number of nitrogens with zero attached hydrogens (tertiary/aromatic N) is 5. The fourth-order valence-electron chi connectivity index (χ4n) is 3.93. The fourth-order valence-corrected chi connectivity index (χ4v) is 3.93. The zero-order valence-corrected chi connectivity index (χ0v) is 22.2. The fraction of sp³-hybridized carbons (Fsp3) is 0.321. The van der Waals surface area contributed by atoms with Crippen LogP contribution in [0, 0.1) is 27.7 Å². The number of aryl methyl sites for hydroxylation is 3. The van der Waals surface area contributed by atoms with E-state index in [-0.39, 0.29) is 18.0 Å². The molecule has 1 aromatic carbocycles. The van der Waals surface area contributed by atoms with E-state index in [9.17, 15) is 9.90 Å². The molecule has 3 heterocycles. The van der Waals surface area contributed by atoms with Crippen LogP contribution in [0.1, 0.15) is 47.9 Å². The summed E-state index contributed by atoms with van der Waals surface area (Å²) in [7, 11) is 1.55. The molecule has 37 heavy (non-hydrogen) atoms. The van der Waals surface area contributed by atoms with Crippen LogP contribution < -0.4 is 15.0 Å². The summed E-state index contributed by atoms with van der Waals surface area (Å²) in [6.45, 7) is 10.8. The van der Waals surface area contributed by atoms with Crippen LogP contribution >= 0.6 is 0 Å². The number of methoxy groups -OCH3 is 1. The molecule has 0 aliphatic rings. The summed E-state index contributed by atoms with van der Waals surface area (Å²) < 4.78 is 12.6. The molecule has 9 nitrogen and oxygen atoms in total. The first-order valence-corrected chi connectivity index (χ1v) is 11.9. The van der Waals surface area contributed by atoms with Crippen molar-refractivity contribution in [2.75, 3.05) is 7.11 Å². The first kappa shape index (κ1) is 26.0. The van der Waals surface area contributed by atoms with E-state index >= 15 is 0 Å². The number of aliphatic hydroxyl groups is 1. The average Bonchev–Trinajstić information content (AvgIpc) is 2.86. The lowest BCUT2D eigenvalue weighted by atomic mass is 10.0. The molecule has 1 N–H and O–H groups in total. The number of hydrogen-bond acceptors (Lipinski definition) is 8. The van der Waals surface area contributed by atoms with Gasteiger partial charge in [0.15, 0.2) is 5.82 Å². The minimum absolute atomic E-state index is 0.152. The van der Waals surface area contributed by atoms with Gasteiger partial charge in [0.05, 0.1) is 29.7 Å². The molecule has 0 amide bonds. The van der Waals surface area contributed by atoms with E-state index in [1.165, 1.54) is 0 Å². The monoisotopic (exact) mass is 501 g/mol. The van der Waals surface area contributed by atoms with Gasteiger partial charge in [0.2, 0.25) is 11.8 Å². The quantitative estimate of drug-likeness (QED) is 0.402. The molecule has 0 radical (unpaired) electrons. The van der Waals surface area contributed by atoms with E-state index in [1.54, 1.807) is 51.6 Å². The molecule has 0 saturated heterocycles. The van der Waals surface area contributed by atoms with Gasteiger partial charge in [-0.1, -0.05) is 18.2 Å². The second kappa shape index (κ2) is 10.1. The normalized spacial score (nSPS) is 11.5. The molecule has 0 aliphatic carbocycles. The van der Waals surface area contributed by atoms with Gasteiger partial charge in [-0.2, -0.15) is 4.98 Å². The second-order valence-corrected chi connectivity index (χ2v) is 9.48. The molecule has 0 unspecified atom stereocenters. The van der Waals surface area contributed by atoms with Crippen LogP contribution in [0.25, 0.3) is 16.9 Å². The van der Waals surface area contributed by atoms with Gasteiger partial charge < -0.3 is 14.6 Å². The molecule has 192 valence electrons.